The van der Waals surface area contributed by atoms with Crippen molar-refractivity contribution in [3.8, 4) is 5.75 Å². The minimum Gasteiger partial charge on any atom is -0.494 e. The fourth-order valence-corrected chi connectivity index (χ4v) is 2.08. The van der Waals surface area contributed by atoms with Gasteiger partial charge in [-0.05, 0) is 48.7 Å². The first-order valence-corrected chi connectivity index (χ1v) is 7.31. The largest absolute Gasteiger partial charge is 0.494 e. The van der Waals surface area contributed by atoms with Gasteiger partial charge >= 0.3 is 0 Å². The summed E-state index contributed by atoms with van der Waals surface area (Å²) >= 11 is 0. The molecule has 0 saturated carbocycles. The van der Waals surface area contributed by atoms with Crippen LogP contribution in [0.1, 0.15) is 25.0 Å². The number of rotatable bonds is 6. The van der Waals surface area contributed by atoms with Gasteiger partial charge in [-0.1, -0.05) is 31.2 Å². The van der Waals surface area contributed by atoms with Crippen molar-refractivity contribution < 1.29 is 9.53 Å². The van der Waals surface area contributed by atoms with Crippen LogP contribution in [-0.2, 0) is 17.6 Å². The summed E-state index contributed by atoms with van der Waals surface area (Å²) in [6.07, 6.45) is 1.40. The van der Waals surface area contributed by atoms with Crippen LogP contribution in [0.15, 0.2) is 48.5 Å². The minimum absolute atomic E-state index is 0.0107. The first kappa shape index (κ1) is 15.1. The van der Waals surface area contributed by atoms with E-state index in [-0.39, 0.29) is 5.91 Å². The molecule has 0 saturated heterocycles. The van der Waals surface area contributed by atoms with E-state index in [2.05, 4.69) is 24.4 Å². The highest BCUT2D eigenvalue weighted by molar-refractivity contribution is 5.92. The van der Waals surface area contributed by atoms with Gasteiger partial charge in [0.1, 0.15) is 5.75 Å². The lowest BCUT2D eigenvalue weighted by atomic mass is 10.1. The molecule has 0 atom stereocenters. The zero-order valence-corrected chi connectivity index (χ0v) is 12.6. The number of hydrogen-bond acceptors (Lipinski definition) is 2. The number of hydrogen-bond donors (Lipinski definition) is 1. The highest BCUT2D eigenvalue weighted by atomic mass is 16.5. The normalized spacial score (nSPS) is 10.2. The van der Waals surface area contributed by atoms with Crippen molar-refractivity contribution >= 4 is 11.6 Å². The second-order valence-electron chi connectivity index (χ2n) is 4.85. The average molecular weight is 283 g/mol. The number of anilines is 1. The molecular formula is C18H21NO2. The van der Waals surface area contributed by atoms with Crippen molar-refractivity contribution in [2.75, 3.05) is 11.9 Å². The number of aryl methyl sites for hydroxylation is 1. The average Bonchev–Trinajstić information content (AvgIpc) is 2.50. The van der Waals surface area contributed by atoms with E-state index in [1.54, 1.807) is 0 Å². The molecule has 1 amide bonds. The molecule has 0 unspecified atom stereocenters. The van der Waals surface area contributed by atoms with Crippen LogP contribution < -0.4 is 10.1 Å². The number of amides is 1. The number of carbonyl (C=O) groups excluding carboxylic acids is 1. The van der Waals surface area contributed by atoms with Crippen LogP contribution in [0.4, 0.5) is 5.69 Å². The van der Waals surface area contributed by atoms with Crippen LogP contribution in [-0.4, -0.2) is 12.5 Å². The molecule has 0 aromatic heterocycles. The van der Waals surface area contributed by atoms with Gasteiger partial charge in [-0.2, -0.15) is 0 Å². The highest BCUT2D eigenvalue weighted by Gasteiger charge is 2.04. The molecule has 0 radical (unpaired) electrons. The summed E-state index contributed by atoms with van der Waals surface area (Å²) in [5.74, 6) is 0.800. The van der Waals surface area contributed by atoms with Gasteiger partial charge in [0, 0.05) is 5.69 Å². The molecule has 2 aromatic rings. The molecule has 21 heavy (non-hydrogen) atoms. The number of nitrogens with one attached hydrogen (secondary N) is 1. The molecule has 0 aliphatic carbocycles. The number of ether oxygens (including phenoxy) is 1. The number of benzene rings is 2. The van der Waals surface area contributed by atoms with Crippen LogP contribution in [0.3, 0.4) is 0 Å². The summed E-state index contributed by atoms with van der Waals surface area (Å²) in [7, 11) is 0. The van der Waals surface area contributed by atoms with Gasteiger partial charge in [0.15, 0.2) is 0 Å². The Morgan fingerprint density at radius 3 is 2.14 bits per heavy atom. The SMILES string of the molecule is CCOc1ccc(NC(=O)Cc2ccc(CC)cc2)cc1. The summed E-state index contributed by atoms with van der Waals surface area (Å²) in [5, 5.41) is 2.89. The van der Waals surface area contributed by atoms with E-state index in [1.165, 1.54) is 5.56 Å². The smallest absolute Gasteiger partial charge is 0.228 e. The standard InChI is InChI=1S/C18H21NO2/c1-3-14-5-7-15(8-6-14)13-18(20)19-16-9-11-17(12-10-16)21-4-2/h5-12H,3-4,13H2,1-2H3,(H,19,20). The van der Waals surface area contributed by atoms with Crippen molar-refractivity contribution in [1.29, 1.82) is 0 Å². The molecule has 0 fully saturated rings. The van der Waals surface area contributed by atoms with Crippen LogP contribution in [0.5, 0.6) is 5.75 Å². The van der Waals surface area contributed by atoms with E-state index in [0.717, 1.165) is 23.4 Å². The van der Waals surface area contributed by atoms with Gasteiger partial charge in [0.05, 0.1) is 13.0 Å². The highest BCUT2D eigenvalue weighted by Crippen LogP contribution is 2.16. The second-order valence-corrected chi connectivity index (χ2v) is 4.85. The third kappa shape index (κ3) is 4.63. The quantitative estimate of drug-likeness (QED) is 0.875. The zero-order valence-electron chi connectivity index (χ0n) is 12.6. The molecule has 0 spiro atoms. The predicted octanol–water partition coefficient (Wildman–Crippen LogP) is 3.83. The summed E-state index contributed by atoms with van der Waals surface area (Å²) in [5.41, 5.74) is 3.09. The Kier molecular flexibility index (Phi) is 5.38. The maximum Gasteiger partial charge on any atom is 0.228 e. The molecule has 2 rings (SSSR count). The summed E-state index contributed by atoms with van der Waals surface area (Å²) < 4.78 is 5.37. The molecule has 0 aliphatic heterocycles. The minimum atomic E-state index is -0.0107. The van der Waals surface area contributed by atoms with Crippen molar-refractivity contribution in [3.63, 3.8) is 0 Å². The molecule has 110 valence electrons. The molecular weight excluding hydrogens is 262 g/mol. The first-order chi connectivity index (χ1) is 10.2. The summed E-state index contributed by atoms with van der Waals surface area (Å²) in [4.78, 5) is 12.0. The van der Waals surface area contributed by atoms with E-state index in [1.807, 2.05) is 43.3 Å². The van der Waals surface area contributed by atoms with Crippen molar-refractivity contribution in [1.82, 2.24) is 0 Å². The third-order valence-corrected chi connectivity index (χ3v) is 3.24. The zero-order chi connectivity index (χ0) is 15.1. The van der Waals surface area contributed by atoms with E-state index in [9.17, 15) is 4.79 Å². The molecule has 3 nitrogen and oxygen atoms in total. The Hall–Kier alpha value is -2.29. The monoisotopic (exact) mass is 283 g/mol. The number of carbonyl (C=O) groups is 1. The fraction of sp³-hybridized carbons (Fsp3) is 0.278. The summed E-state index contributed by atoms with van der Waals surface area (Å²) in [6, 6.07) is 15.6. The van der Waals surface area contributed by atoms with Crippen molar-refractivity contribution in [2.24, 2.45) is 0 Å². The molecule has 0 heterocycles. The predicted molar refractivity (Wildman–Crippen MR) is 85.8 cm³/mol. The summed E-state index contributed by atoms with van der Waals surface area (Å²) in [6.45, 7) is 4.70. The van der Waals surface area contributed by atoms with Crippen LogP contribution in [0, 0.1) is 0 Å². The molecule has 0 bridgehead atoms. The van der Waals surface area contributed by atoms with Crippen molar-refractivity contribution in [3.05, 3.63) is 59.7 Å². The third-order valence-electron chi connectivity index (χ3n) is 3.24. The molecule has 2 aromatic carbocycles. The lowest BCUT2D eigenvalue weighted by molar-refractivity contribution is -0.115. The van der Waals surface area contributed by atoms with E-state index in [0.29, 0.717) is 13.0 Å². The first-order valence-electron chi connectivity index (χ1n) is 7.31. The lowest BCUT2D eigenvalue weighted by Gasteiger charge is -2.07. The van der Waals surface area contributed by atoms with Gasteiger partial charge in [0.2, 0.25) is 5.91 Å². The maximum absolute atomic E-state index is 12.0. The Bertz CT molecular complexity index is 573. The van der Waals surface area contributed by atoms with Gasteiger partial charge < -0.3 is 10.1 Å². The van der Waals surface area contributed by atoms with E-state index in [4.69, 9.17) is 4.74 Å². The second kappa shape index (κ2) is 7.48. The van der Waals surface area contributed by atoms with Gasteiger partial charge in [-0.3, -0.25) is 4.79 Å². The Labute approximate surface area is 126 Å². The van der Waals surface area contributed by atoms with Gasteiger partial charge in [-0.15, -0.1) is 0 Å². The van der Waals surface area contributed by atoms with Crippen LogP contribution >= 0.6 is 0 Å². The topological polar surface area (TPSA) is 38.3 Å². The molecule has 1 N–H and O–H groups in total. The van der Waals surface area contributed by atoms with E-state index >= 15 is 0 Å². The Balaban J connectivity index is 1.91. The lowest BCUT2D eigenvalue weighted by Crippen LogP contribution is -2.14. The fourth-order valence-electron chi connectivity index (χ4n) is 2.08. The van der Waals surface area contributed by atoms with Crippen molar-refractivity contribution in [2.45, 2.75) is 26.7 Å². The maximum atomic E-state index is 12.0. The van der Waals surface area contributed by atoms with Crippen LogP contribution in [0.25, 0.3) is 0 Å². The Morgan fingerprint density at radius 1 is 0.952 bits per heavy atom. The molecule has 3 heteroatoms. The van der Waals surface area contributed by atoms with E-state index < -0.39 is 0 Å². The molecule has 0 aliphatic rings. The van der Waals surface area contributed by atoms with Gasteiger partial charge in [0.25, 0.3) is 0 Å². The Morgan fingerprint density at radius 2 is 1.57 bits per heavy atom. The van der Waals surface area contributed by atoms with Crippen LogP contribution in [0.2, 0.25) is 0 Å². The van der Waals surface area contributed by atoms with Gasteiger partial charge in [-0.25, -0.2) is 0 Å².